The average Bonchev–Trinajstić information content (AvgIpc) is 3.03. The number of nitrogens with zero attached hydrogens (tertiary/aromatic N) is 2. The second kappa shape index (κ2) is 6.53. The fraction of sp³-hybridized carbons (Fsp3) is 0.0625. The van der Waals surface area contributed by atoms with Crippen LogP contribution >= 0.6 is 11.3 Å². The summed E-state index contributed by atoms with van der Waals surface area (Å²) < 4.78 is 19.0. The van der Waals surface area contributed by atoms with Gasteiger partial charge in [0.25, 0.3) is 5.91 Å². The van der Waals surface area contributed by atoms with Crippen LogP contribution in [0.15, 0.2) is 48.1 Å². The quantitative estimate of drug-likeness (QED) is 0.794. The van der Waals surface area contributed by atoms with Crippen LogP contribution in [0, 0.1) is 5.82 Å². The molecule has 0 aliphatic rings. The zero-order valence-corrected chi connectivity index (χ0v) is 12.9. The Balaban J connectivity index is 1.80. The van der Waals surface area contributed by atoms with Gasteiger partial charge in [-0.05, 0) is 24.3 Å². The van der Waals surface area contributed by atoms with Crippen molar-refractivity contribution in [1.29, 1.82) is 0 Å². The number of hydrogen-bond donors (Lipinski definition) is 1. The lowest BCUT2D eigenvalue weighted by Gasteiger charge is -2.03. The predicted octanol–water partition coefficient (Wildman–Crippen LogP) is 3.61. The number of pyridine rings is 1. The highest BCUT2D eigenvalue weighted by atomic mass is 32.1. The molecule has 0 bridgehead atoms. The second-order valence-electron chi connectivity index (χ2n) is 4.58. The lowest BCUT2D eigenvalue weighted by atomic mass is 10.1. The minimum absolute atomic E-state index is 0.311. The SMILES string of the molecule is COc1ccc(-c2csc(NC(=O)c3cccnc3)n2)c(F)c1. The molecule has 0 aliphatic carbocycles. The van der Waals surface area contributed by atoms with Gasteiger partial charge in [-0.2, -0.15) is 0 Å². The summed E-state index contributed by atoms with van der Waals surface area (Å²) in [5, 5.41) is 4.75. The number of aromatic nitrogens is 2. The van der Waals surface area contributed by atoms with Gasteiger partial charge in [0.1, 0.15) is 11.6 Å². The maximum atomic E-state index is 14.0. The molecule has 5 nitrogen and oxygen atoms in total. The van der Waals surface area contributed by atoms with Crippen LogP contribution in [0.5, 0.6) is 5.75 Å². The molecular formula is C16H12FN3O2S. The number of nitrogens with one attached hydrogen (secondary N) is 1. The Hall–Kier alpha value is -2.80. The fourth-order valence-corrected chi connectivity index (χ4v) is 2.66. The molecule has 0 saturated carbocycles. The Labute approximate surface area is 135 Å². The lowest BCUT2D eigenvalue weighted by molar-refractivity contribution is 0.102. The molecule has 0 radical (unpaired) electrons. The van der Waals surface area contributed by atoms with E-state index in [0.717, 1.165) is 0 Å². The molecule has 0 fully saturated rings. The molecule has 2 aromatic heterocycles. The van der Waals surface area contributed by atoms with Gasteiger partial charge < -0.3 is 4.74 Å². The summed E-state index contributed by atoms with van der Waals surface area (Å²) in [4.78, 5) is 20.2. The molecule has 0 unspecified atom stereocenters. The number of anilines is 1. The average molecular weight is 329 g/mol. The number of carbonyl (C=O) groups is 1. The van der Waals surface area contributed by atoms with E-state index in [1.807, 2.05) is 0 Å². The molecule has 1 aromatic carbocycles. The van der Waals surface area contributed by atoms with Gasteiger partial charge in [0.15, 0.2) is 5.13 Å². The van der Waals surface area contributed by atoms with E-state index >= 15 is 0 Å². The van der Waals surface area contributed by atoms with Crippen molar-refractivity contribution in [3.8, 4) is 17.0 Å². The van der Waals surface area contributed by atoms with Crippen molar-refractivity contribution in [1.82, 2.24) is 9.97 Å². The number of ether oxygens (including phenoxy) is 1. The van der Waals surface area contributed by atoms with Gasteiger partial charge in [0, 0.05) is 29.4 Å². The van der Waals surface area contributed by atoms with Gasteiger partial charge in [-0.3, -0.25) is 15.1 Å². The van der Waals surface area contributed by atoms with Crippen LogP contribution in [0.25, 0.3) is 11.3 Å². The topological polar surface area (TPSA) is 64.1 Å². The number of amides is 1. The van der Waals surface area contributed by atoms with Crippen LogP contribution in [-0.2, 0) is 0 Å². The predicted molar refractivity (Wildman–Crippen MR) is 86.3 cm³/mol. The largest absolute Gasteiger partial charge is 0.497 e. The van der Waals surface area contributed by atoms with Crippen molar-refractivity contribution >= 4 is 22.4 Å². The molecule has 7 heteroatoms. The molecule has 2 heterocycles. The molecule has 3 aromatic rings. The van der Waals surface area contributed by atoms with Crippen molar-refractivity contribution in [2.75, 3.05) is 12.4 Å². The Morgan fingerprint density at radius 2 is 2.22 bits per heavy atom. The molecule has 3 rings (SSSR count). The van der Waals surface area contributed by atoms with Crippen molar-refractivity contribution in [2.24, 2.45) is 0 Å². The molecule has 1 N–H and O–H groups in total. The van der Waals surface area contributed by atoms with E-state index in [0.29, 0.717) is 27.7 Å². The zero-order chi connectivity index (χ0) is 16.2. The van der Waals surface area contributed by atoms with Crippen LogP contribution in [-0.4, -0.2) is 23.0 Å². The summed E-state index contributed by atoms with van der Waals surface area (Å²) in [7, 11) is 1.48. The first-order valence-corrected chi connectivity index (χ1v) is 7.56. The van der Waals surface area contributed by atoms with Gasteiger partial charge >= 0.3 is 0 Å². The molecular weight excluding hydrogens is 317 g/mol. The molecule has 0 spiro atoms. The molecule has 0 aliphatic heterocycles. The highest BCUT2D eigenvalue weighted by molar-refractivity contribution is 7.14. The molecule has 0 atom stereocenters. The van der Waals surface area contributed by atoms with E-state index in [1.54, 1.807) is 35.8 Å². The van der Waals surface area contributed by atoms with Crippen molar-refractivity contribution in [3.05, 3.63) is 59.5 Å². The van der Waals surface area contributed by atoms with Crippen LogP contribution in [0.1, 0.15) is 10.4 Å². The van der Waals surface area contributed by atoms with Crippen molar-refractivity contribution in [3.63, 3.8) is 0 Å². The highest BCUT2D eigenvalue weighted by Crippen LogP contribution is 2.29. The molecule has 23 heavy (non-hydrogen) atoms. The minimum atomic E-state index is -0.431. The summed E-state index contributed by atoms with van der Waals surface area (Å²) in [6.07, 6.45) is 3.05. The number of thiazole rings is 1. The number of hydrogen-bond acceptors (Lipinski definition) is 5. The number of rotatable bonds is 4. The maximum absolute atomic E-state index is 14.0. The Morgan fingerprint density at radius 3 is 2.91 bits per heavy atom. The summed E-state index contributed by atoms with van der Waals surface area (Å²) in [5.41, 5.74) is 1.24. The minimum Gasteiger partial charge on any atom is -0.497 e. The van der Waals surface area contributed by atoms with Crippen LogP contribution in [0.4, 0.5) is 9.52 Å². The van der Waals surface area contributed by atoms with Crippen LogP contribution < -0.4 is 10.1 Å². The fourth-order valence-electron chi connectivity index (χ4n) is 1.95. The summed E-state index contributed by atoms with van der Waals surface area (Å²) in [5.74, 6) is -0.305. The third-order valence-corrected chi connectivity index (χ3v) is 3.86. The van der Waals surface area contributed by atoms with Crippen molar-refractivity contribution in [2.45, 2.75) is 0 Å². The third-order valence-electron chi connectivity index (χ3n) is 3.10. The number of benzene rings is 1. The standard InChI is InChI=1S/C16H12FN3O2S/c1-22-11-4-5-12(13(17)7-11)14-9-23-16(19-14)20-15(21)10-3-2-6-18-8-10/h2-9H,1H3,(H,19,20,21). The van der Waals surface area contributed by atoms with Crippen molar-refractivity contribution < 1.29 is 13.9 Å². The highest BCUT2D eigenvalue weighted by Gasteiger charge is 2.13. The molecule has 0 saturated heterocycles. The summed E-state index contributed by atoms with van der Waals surface area (Å²) in [6.45, 7) is 0. The smallest absolute Gasteiger partial charge is 0.259 e. The van der Waals surface area contributed by atoms with E-state index in [1.165, 1.54) is 30.7 Å². The van der Waals surface area contributed by atoms with Crippen LogP contribution in [0.2, 0.25) is 0 Å². The van der Waals surface area contributed by atoms with Gasteiger partial charge in [-0.15, -0.1) is 11.3 Å². The first-order chi connectivity index (χ1) is 11.2. The second-order valence-corrected chi connectivity index (χ2v) is 5.44. The van der Waals surface area contributed by atoms with Gasteiger partial charge in [-0.1, -0.05) is 0 Å². The number of carbonyl (C=O) groups excluding carboxylic acids is 1. The lowest BCUT2D eigenvalue weighted by Crippen LogP contribution is -2.11. The normalized spacial score (nSPS) is 10.3. The van der Waals surface area contributed by atoms with E-state index in [9.17, 15) is 9.18 Å². The number of methoxy groups -OCH3 is 1. The van der Waals surface area contributed by atoms with Gasteiger partial charge in [-0.25, -0.2) is 9.37 Å². The zero-order valence-electron chi connectivity index (χ0n) is 12.1. The van der Waals surface area contributed by atoms with Crippen LogP contribution in [0.3, 0.4) is 0 Å². The molecule has 116 valence electrons. The maximum Gasteiger partial charge on any atom is 0.259 e. The Kier molecular flexibility index (Phi) is 4.29. The van der Waals surface area contributed by atoms with E-state index in [2.05, 4.69) is 15.3 Å². The van der Waals surface area contributed by atoms with Gasteiger partial charge in [0.2, 0.25) is 0 Å². The Bertz CT molecular complexity index is 836. The van der Waals surface area contributed by atoms with E-state index in [4.69, 9.17) is 4.74 Å². The third kappa shape index (κ3) is 3.35. The van der Waals surface area contributed by atoms with Gasteiger partial charge in [0.05, 0.1) is 18.4 Å². The monoisotopic (exact) mass is 329 g/mol. The van der Waals surface area contributed by atoms with E-state index in [-0.39, 0.29) is 5.91 Å². The summed E-state index contributed by atoms with van der Waals surface area (Å²) in [6, 6.07) is 7.87. The molecule has 1 amide bonds. The Morgan fingerprint density at radius 1 is 1.35 bits per heavy atom. The first-order valence-electron chi connectivity index (χ1n) is 6.68. The van der Waals surface area contributed by atoms with E-state index < -0.39 is 5.82 Å². The number of halogens is 1. The summed E-state index contributed by atoms with van der Waals surface area (Å²) >= 11 is 1.22. The first kappa shape index (κ1) is 15.1.